The van der Waals surface area contributed by atoms with Gasteiger partial charge in [0, 0.05) is 17.5 Å². The van der Waals surface area contributed by atoms with Gasteiger partial charge in [0.25, 0.3) is 0 Å². The van der Waals surface area contributed by atoms with Crippen LogP contribution < -0.4 is 5.32 Å². The van der Waals surface area contributed by atoms with Crippen LogP contribution in [-0.2, 0) is 0 Å². The number of piperidine rings is 1. The van der Waals surface area contributed by atoms with E-state index in [0.29, 0.717) is 10.6 Å². The molecule has 0 spiro atoms. The number of nitrogens with one attached hydrogen (secondary N) is 1. The van der Waals surface area contributed by atoms with Gasteiger partial charge in [-0.3, -0.25) is 0 Å². The molecule has 0 aromatic heterocycles. The van der Waals surface area contributed by atoms with Crippen molar-refractivity contribution in [2.24, 2.45) is 0 Å². The third-order valence-electron chi connectivity index (χ3n) is 4.14. The third kappa shape index (κ3) is 3.09. The van der Waals surface area contributed by atoms with E-state index in [2.05, 4.69) is 5.32 Å². The Labute approximate surface area is 127 Å². The normalized spacial score (nSPS) is 22.2. The Hall–Kier alpha value is -1.45. The summed E-state index contributed by atoms with van der Waals surface area (Å²) in [6.07, 6.45) is 0.833. The second kappa shape index (κ2) is 6.12. The number of hydrogen-bond donors (Lipinski definition) is 1. The minimum Gasteiger partial charge on any atom is -0.316 e. The Morgan fingerprint density at radius 1 is 1.00 bits per heavy atom. The Bertz CT molecular complexity index is 627. The molecule has 1 aliphatic heterocycles. The number of halogens is 3. The van der Waals surface area contributed by atoms with Gasteiger partial charge in [-0.1, -0.05) is 23.7 Å². The van der Waals surface area contributed by atoms with Gasteiger partial charge < -0.3 is 5.32 Å². The fraction of sp³-hybridized carbons (Fsp3) is 0.294. The van der Waals surface area contributed by atoms with Gasteiger partial charge in [-0.2, -0.15) is 0 Å². The maximum absolute atomic E-state index is 14.2. The lowest BCUT2D eigenvalue weighted by molar-refractivity contribution is 0.393. The van der Waals surface area contributed by atoms with Crippen molar-refractivity contribution in [3.63, 3.8) is 0 Å². The van der Waals surface area contributed by atoms with Gasteiger partial charge in [-0.05, 0) is 60.3 Å². The predicted octanol–water partition coefficient (Wildman–Crippen LogP) is 4.48. The van der Waals surface area contributed by atoms with Crippen LogP contribution >= 0.6 is 11.6 Å². The minimum absolute atomic E-state index is 0.0513. The van der Waals surface area contributed by atoms with Crippen LogP contribution in [0.15, 0.2) is 42.5 Å². The quantitative estimate of drug-likeness (QED) is 0.862. The summed E-state index contributed by atoms with van der Waals surface area (Å²) in [6.45, 7) is 1.59. The van der Waals surface area contributed by atoms with Crippen molar-refractivity contribution in [1.82, 2.24) is 5.32 Å². The summed E-state index contributed by atoms with van der Waals surface area (Å²) in [5, 5.41) is 3.88. The van der Waals surface area contributed by atoms with Gasteiger partial charge in [0.1, 0.15) is 11.6 Å². The summed E-state index contributed by atoms with van der Waals surface area (Å²) in [5.74, 6) is -0.311. The monoisotopic (exact) mass is 307 g/mol. The van der Waals surface area contributed by atoms with Crippen LogP contribution in [0.1, 0.15) is 29.4 Å². The number of benzene rings is 2. The zero-order valence-corrected chi connectivity index (χ0v) is 12.2. The first-order valence-electron chi connectivity index (χ1n) is 7.06. The Morgan fingerprint density at radius 2 is 1.76 bits per heavy atom. The molecule has 1 aliphatic rings. The minimum atomic E-state index is -0.256. The van der Waals surface area contributed by atoms with Crippen LogP contribution in [0.5, 0.6) is 0 Å². The molecule has 4 heteroatoms. The van der Waals surface area contributed by atoms with Crippen molar-refractivity contribution < 1.29 is 8.78 Å². The molecule has 3 rings (SSSR count). The zero-order chi connectivity index (χ0) is 14.8. The second-order valence-corrected chi connectivity index (χ2v) is 5.86. The van der Waals surface area contributed by atoms with Gasteiger partial charge in [0.05, 0.1) is 0 Å². The van der Waals surface area contributed by atoms with Gasteiger partial charge >= 0.3 is 0 Å². The molecular weight excluding hydrogens is 292 g/mol. The summed E-state index contributed by atoms with van der Waals surface area (Å²) < 4.78 is 27.3. The molecule has 0 amide bonds. The van der Waals surface area contributed by atoms with Gasteiger partial charge in [0.15, 0.2) is 0 Å². The SMILES string of the molecule is Fc1ccc(C2CNCCC2c2cc(Cl)ccc2F)cc1. The van der Waals surface area contributed by atoms with Crippen molar-refractivity contribution in [2.45, 2.75) is 18.3 Å². The largest absolute Gasteiger partial charge is 0.316 e. The highest BCUT2D eigenvalue weighted by Gasteiger charge is 2.29. The van der Waals surface area contributed by atoms with Crippen LogP contribution in [0.25, 0.3) is 0 Å². The van der Waals surface area contributed by atoms with Crippen LogP contribution in [-0.4, -0.2) is 13.1 Å². The highest BCUT2D eigenvalue weighted by Crippen LogP contribution is 2.39. The van der Waals surface area contributed by atoms with E-state index < -0.39 is 0 Å². The predicted molar refractivity (Wildman–Crippen MR) is 80.8 cm³/mol. The van der Waals surface area contributed by atoms with E-state index >= 15 is 0 Å². The van der Waals surface area contributed by atoms with Gasteiger partial charge in [-0.15, -0.1) is 0 Å². The molecule has 2 aromatic carbocycles. The fourth-order valence-electron chi connectivity index (χ4n) is 3.09. The van der Waals surface area contributed by atoms with Crippen LogP contribution in [0.2, 0.25) is 5.02 Å². The molecule has 1 N–H and O–H groups in total. The smallest absolute Gasteiger partial charge is 0.126 e. The topological polar surface area (TPSA) is 12.0 Å². The summed E-state index contributed by atoms with van der Waals surface area (Å²) in [5.41, 5.74) is 1.67. The van der Waals surface area contributed by atoms with E-state index in [1.807, 2.05) is 0 Å². The number of hydrogen-bond acceptors (Lipinski definition) is 1. The molecular formula is C17H16ClF2N. The summed E-state index contributed by atoms with van der Waals surface area (Å²) in [4.78, 5) is 0. The first-order valence-corrected chi connectivity index (χ1v) is 7.44. The van der Waals surface area contributed by atoms with Crippen LogP contribution in [0, 0.1) is 11.6 Å². The first-order chi connectivity index (χ1) is 10.1. The second-order valence-electron chi connectivity index (χ2n) is 5.42. The van der Waals surface area contributed by atoms with Crippen molar-refractivity contribution >= 4 is 11.6 Å². The highest BCUT2D eigenvalue weighted by molar-refractivity contribution is 6.30. The molecule has 0 radical (unpaired) electrons. The Morgan fingerprint density at radius 3 is 2.52 bits per heavy atom. The van der Waals surface area contributed by atoms with E-state index in [0.717, 1.165) is 25.1 Å². The Balaban J connectivity index is 1.98. The molecule has 1 saturated heterocycles. The third-order valence-corrected chi connectivity index (χ3v) is 4.37. The molecule has 110 valence electrons. The van der Waals surface area contributed by atoms with Crippen molar-refractivity contribution in [2.75, 3.05) is 13.1 Å². The molecule has 2 unspecified atom stereocenters. The Kier molecular flexibility index (Phi) is 4.22. The maximum Gasteiger partial charge on any atom is 0.126 e. The standard InChI is InChI=1S/C17H16ClF2N/c18-12-3-6-17(20)15(9-12)14-7-8-21-10-16(14)11-1-4-13(19)5-2-11/h1-6,9,14,16,21H,7-8,10H2. The average Bonchev–Trinajstić information content (AvgIpc) is 2.51. The molecule has 2 aromatic rings. The van der Waals surface area contributed by atoms with E-state index in [-0.39, 0.29) is 23.5 Å². The lowest BCUT2D eigenvalue weighted by Crippen LogP contribution is -2.34. The van der Waals surface area contributed by atoms with Crippen molar-refractivity contribution in [3.05, 3.63) is 70.2 Å². The van der Waals surface area contributed by atoms with Gasteiger partial charge in [0.2, 0.25) is 0 Å². The van der Waals surface area contributed by atoms with Gasteiger partial charge in [-0.25, -0.2) is 8.78 Å². The average molecular weight is 308 g/mol. The lowest BCUT2D eigenvalue weighted by Gasteiger charge is -2.33. The zero-order valence-electron chi connectivity index (χ0n) is 11.5. The maximum atomic E-state index is 14.2. The molecule has 0 bridgehead atoms. The molecule has 21 heavy (non-hydrogen) atoms. The fourth-order valence-corrected chi connectivity index (χ4v) is 3.27. The first kappa shape index (κ1) is 14.5. The highest BCUT2D eigenvalue weighted by atomic mass is 35.5. The summed E-state index contributed by atoms with van der Waals surface area (Å²) in [7, 11) is 0. The summed E-state index contributed by atoms with van der Waals surface area (Å²) >= 11 is 6.02. The molecule has 1 nitrogen and oxygen atoms in total. The van der Waals surface area contributed by atoms with E-state index in [1.54, 1.807) is 24.3 Å². The van der Waals surface area contributed by atoms with Crippen molar-refractivity contribution in [3.8, 4) is 0 Å². The molecule has 0 saturated carbocycles. The van der Waals surface area contributed by atoms with E-state index in [9.17, 15) is 8.78 Å². The number of rotatable bonds is 2. The molecule has 1 heterocycles. The molecule has 1 fully saturated rings. The van der Waals surface area contributed by atoms with Crippen molar-refractivity contribution in [1.29, 1.82) is 0 Å². The van der Waals surface area contributed by atoms with Crippen LogP contribution in [0.3, 0.4) is 0 Å². The molecule has 2 atom stereocenters. The van der Waals surface area contributed by atoms with E-state index in [4.69, 9.17) is 11.6 Å². The van der Waals surface area contributed by atoms with Crippen LogP contribution in [0.4, 0.5) is 8.78 Å². The van der Waals surface area contributed by atoms with E-state index in [1.165, 1.54) is 18.2 Å². The summed E-state index contributed by atoms with van der Waals surface area (Å²) in [6, 6.07) is 11.2. The molecule has 0 aliphatic carbocycles. The lowest BCUT2D eigenvalue weighted by atomic mass is 9.77.